The number of nitrogens with one attached hydrogen (secondary N) is 2. The molecule has 0 aliphatic heterocycles. The van der Waals surface area contributed by atoms with E-state index in [2.05, 4.69) is 25.9 Å². The lowest BCUT2D eigenvalue weighted by Gasteiger charge is -2.06. The van der Waals surface area contributed by atoms with Crippen molar-refractivity contribution in [2.24, 2.45) is 5.92 Å². The Labute approximate surface area is 124 Å². The third-order valence-corrected chi connectivity index (χ3v) is 3.98. The maximum absolute atomic E-state index is 11.7. The zero-order valence-electron chi connectivity index (χ0n) is 12.1. The Morgan fingerprint density at radius 1 is 1.29 bits per heavy atom. The molecule has 0 amide bonds. The van der Waals surface area contributed by atoms with E-state index in [0.29, 0.717) is 34.0 Å². The van der Waals surface area contributed by atoms with Gasteiger partial charge in [-0.05, 0) is 6.92 Å². The molecule has 1 atom stereocenters. The van der Waals surface area contributed by atoms with Crippen molar-refractivity contribution in [3.63, 3.8) is 0 Å². The highest BCUT2D eigenvalue weighted by atomic mass is 32.2. The Morgan fingerprint density at radius 2 is 2.00 bits per heavy atom. The summed E-state index contributed by atoms with van der Waals surface area (Å²) in [5, 5.41) is 8.28. The maximum atomic E-state index is 11.7. The standard InChI is InChI=1S/C12H17N5O3S/c1-5(2)8(13)10-16-17-12(20-10)21-4-7-6(3)14-11(19)15-9(7)18/h5,8H,4,13H2,1-3H3,(H2,14,15,18,19)/p+1/t8-/m0/s1. The van der Waals surface area contributed by atoms with E-state index in [1.807, 2.05) is 13.8 Å². The number of hydrogen-bond donors (Lipinski definition) is 3. The molecular weight excluding hydrogens is 294 g/mol. The Bertz CT molecular complexity index is 733. The summed E-state index contributed by atoms with van der Waals surface area (Å²) in [6, 6.07) is -0.0648. The van der Waals surface area contributed by atoms with Crippen molar-refractivity contribution in [1.29, 1.82) is 0 Å². The summed E-state index contributed by atoms with van der Waals surface area (Å²) in [7, 11) is 0. The summed E-state index contributed by atoms with van der Waals surface area (Å²) >= 11 is 1.25. The summed E-state index contributed by atoms with van der Waals surface area (Å²) in [5.41, 5.74) is 4.08. The van der Waals surface area contributed by atoms with E-state index in [1.165, 1.54) is 11.8 Å². The van der Waals surface area contributed by atoms with Gasteiger partial charge in [-0.1, -0.05) is 25.6 Å². The van der Waals surface area contributed by atoms with Crippen LogP contribution in [0.25, 0.3) is 0 Å². The van der Waals surface area contributed by atoms with E-state index in [4.69, 9.17) is 4.42 Å². The average molecular weight is 312 g/mol. The highest BCUT2D eigenvalue weighted by Crippen LogP contribution is 2.23. The van der Waals surface area contributed by atoms with Gasteiger partial charge in [0.15, 0.2) is 6.04 Å². The van der Waals surface area contributed by atoms with Crippen LogP contribution in [0.2, 0.25) is 0 Å². The van der Waals surface area contributed by atoms with Crippen molar-refractivity contribution in [1.82, 2.24) is 20.2 Å². The molecule has 2 rings (SSSR count). The van der Waals surface area contributed by atoms with Crippen LogP contribution in [0.4, 0.5) is 0 Å². The molecule has 9 heteroatoms. The molecule has 0 radical (unpaired) electrons. The molecule has 2 aromatic rings. The van der Waals surface area contributed by atoms with Gasteiger partial charge < -0.3 is 15.1 Å². The lowest BCUT2D eigenvalue weighted by molar-refractivity contribution is -0.443. The first-order valence-corrected chi connectivity index (χ1v) is 7.48. The monoisotopic (exact) mass is 312 g/mol. The third-order valence-electron chi connectivity index (χ3n) is 3.14. The maximum Gasteiger partial charge on any atom is 0.325 e. The normalized spacial score (nSPS) is 12.8. The summed E-state index contributed by atoms with van der Waals surface area (Å²) in [6.07, 6.45) is 0. The summed E-state index contributed by atoms with van der Waals surface area (Å²) in [6.45, 7) is 5.73. The number of aromatic nitrogens is 4. The first kappa shape index (κ1) is 15.5. The molecule has 8 nitrogen and oxygen atoms in total. The number of H-pyrrole nitrogens is 2. The number of nitrogens with zero attached hydrogens (tertiary/aromatic N) is 2. The van der Waals surface area contributed by atoms with Gasteiger partial charge in [0.2, 0.25) is 0 Å². The molecule has 0 spiro atoms. The quantitative estimate of drug-likeness (QED) is 0.665. The SMILES string of the molecule is Cc1[nH]c(=O)[nH]c(=O)c1CSc1nnc([C@@H]([NH3+])C(C)C)o1. The van der Waals surface area contributed by atoms with Crippen LogP contribution in [-0.2, 0) is 5.75 Å². The van der Waals surface area contributed by atoms with Gasteiger partial charge in [-0.15, -0.1) is 10.2 Å². The van der Waals surface area contributed by atoms with Crippen molar-refractivity contribution in [2.75, 3.05) is 0 Å². The van der Waals surface area contributed by atoms with Crippen LogP contribution < -0.4 is 17.0 Å². The van der Waals surface area contributed by atoms with Crippen LogP contribution in [0.3, 0.4) is 0 Å². The molecule has 0 saturated carbocycles. The Kier molecular flexibility index (Phi) is 4.63. The Balaban J connectivity index is 2.11. The van der Waals surface area contributed by atoms with Gasteiger partial charge in [0.25, 0.3) is 16.7 Å². The molecule has 0 fully saturated rings. The van der Waals surface area contributed by atoms with Gasteiger partial charge >= 0.3 is 5.69 Å². The van der Waals surface area contributed by atoms with Crippen LogP contribution in [0, 0.1) is 12.8 Å². The number of aryl methyl sites for hydroxylation is 1. The Morgan fingerprint density at radius 3 is 2.62 bits per heavy atom. The predicted molar refractivity (Wildman–Crippen MR) is 76.7 cm³/mol. The van der Waals surface area contributed by atoms with Crippen LogP contribution >= 0.6 is 11.8 Å². The van der Waals surface area contributed by atoms with Crippen LogP contribution in [0.15, 0.2) is 19.2 Å². The summed E-state index contributed by atoms with van der Waals surface area (Å²) in [4.78, 5) is 27.6. The summed E-state index contributed by atoms with van der Waals surface area (Å²) in [5.74, 6) is 1.12. The van der Waals surface area contributed by atoms with Crippen molar-refractivity contribution in [3.8, 4) is 0 Å². The summed E-state index contributed by atoms with van der Waals surface area (Å²) < 4.78 is 5.53. The van der Waals surface area contributed by atoms with E-state index in [1.54, 1.807) is 6.92 Å². The minimum absolute atomic E-state index is 0.0648. The molecule has 0 aliphatic carbocycles. The fourth-order valence-electron chi connectivity index (χ4n) is 1.65. The lowest BCUT2D eigenvalue weighted by atomic mass is 10.1. The van der Waals surface area contributed by atoms with Gasteiger partial charge in [0, 0.05) is 22.9 Å². The van der Waals surface area contributed by atoms with E-state index in [-0.39, 0.29) is 6.04 Å². The Hall–Kier alpha value is -1.87. The minimum Gasteiger partial charge on any atom is -0.410 e. The largest absolute Gasteiger partial charge is 0.410 e. The first-order valence-electron chi connectivity index (χ1n) is 6.50. The minimum atomic E-state index is -0.511. The molecule has 5 N–H and O–H groups in total. The van der Waals surface area contributed by atoms with E-state index < -0.39 is 11.2 Å². The second kappa shape index (κ2) is 6.27. The average Bonchev–Trinajstić information content (AvgIpc) is 2.85. The second-order valence-electron chi connectivity index (χ2n) is 5.06. The lowest BCUT2D eigenvalue weighted by Crippen LogP contribution is -2.56. The van der Waals surface area contributed by atoms with E-state index in [0.717, 1.165) is 0 Å². The van der Waals surface area contributed by atoms with Crippen LogP contribution in [0.5, 0.6) is 0 Å². The molecular formula is C12H18N5O3S+. The molecule has 2 heterocycles. The number of aromatic amines is 2. The third kappa shape index (κ3) is 3.61. The highest BCUT2D eigenvalue weighted by Gasteiger charge is 2.21. The van der Waals surface area contributed by atoms with Gasteiger partial charge in [-0.3, -0.25) is 9.78 Å². The van der Waals surface area contributed by atoms with Gasteiger partial charge in [0.05, 0.1) is 0 Å². The van der Waals surface area contributed by atoms with Crippen molar-refractivity contribution in [2.45, 2.75) is 37.8 Å². The van der Waals surface area contributed by atoms with Crippen molar-refractivity contribution >= 4 is 11.8 Å². The number of thioether (sulfide) groups is 1. The first-order chi connectivity index (χ1) is 9.88. The molecule has 0 aliphatic rings. The topological polar surface area (TPSA) is 132 Å². The molecule has 2 aromatic heterocycles. The predicted octanol–water partition coefficient (Wildman–Crippen LogP) is -0.0141. The molecule has 0 unspecified atom stereocenters. The highest BCUT2D eigenvalue weighted by molar-refractivity contribution is 7.98. The van der Waals surface area contributed by atoms with Crippen molar-refractivity contribution in [3.05, 3.63) is 38.0 Å². The number of quaternary nitrogens is 1. The zero-order chi connectivity index (χ0) is 15.6. The fraction of sp³-hybridized carbons (Fsp3) is 0.500. The smallest absolute Gasteiger partial charge is 0.325 e. The molecule has 114 valence electrons. The zero-order valence-corrected chi connectivity index (χ0v) is 12.9. The van der Waals surface area contributed by atoms with Gasteiger partial charge in [0.1, 0.15) is 0 Å². The molecule has 0 saturated heterocycles. The van der Waals surface area contributed by atoms with E-state index >= 15 is 0 Å². The number of rotatable bonds is 5. The van der Waals surface area contributed by atoms with Crippen molar-refractivity contribution < 1.29 is 10.2 Å². The molecule has 21 heavy (non-hydrogen) atoms. The fourth-order valence-corrected chi connectivity index (χ4v) is 2.51. The van der Waals surface area contributed by atoms with Crippen LogP contribution in [0.1, 0.15) is 37.0 Å². The number of hydrogen-bond acceptors (Lipinski definition) is 6. The molecule has 0 bridgehead atoms. The molecule has 0 aromatic carbocycles. The van der Waals surface area contributed by atoms with Gasteiger partial charge in [-0.2, -0.15) is 0 Å². The van der Waals surface area contributed by atoms with Crippen LogP contribution in [-0.4, -0.2) is 20.2 Å². The van der Waals surface area contributed by atoms with E-state index in [9.17, 15) is 9.59 Å². The second-order valence-corrected chi connectivity index (χ2v) is 5.98. The van der Waals surface area contributed by atoms with Gasteiger partial charge in [-0.25, -0.2) is 4.79 Å².